The summed E-state index contributed by atoms with van der Waals surface area (Å²) in [6.07, 6.45) is 13.2. The molecule has 0 aromatic heterocycles. The number of rotatable bonds is 5. The number of hydrogen-bond donors (Lipinski definition) is 2. The van der Waals surface area contributed by atoms with Crippen LogP contribution in [-0.4, -0.2) is 53.3 Å². The molecule has 0 aromatic rings. The van der Waals surface area contributed by atoms with Gasteiger partial charge in [-0.3, -0.25) is 9.35 Å². The maximum atomic E-state index is 12.9. The van der Waals surface area contributed by atoms with Crippen molar-refractivity contribution in [2.75, 3.05) is 13.1 Å². The zero-order valence-electron chi connectivity index (χ0n) is 22.7. The fourth-order valence-electron chi connectivity index (χ4n) is 10.3. The molecule has 1 saturated heterocycles. The van der Waals surface area contributed by atoms with E-state index in [0.29, 0.717) is 60.9 Å². The van der Waals surface area contributed by atoms with Gasteiger partial charge in [0.2, 0.25) is 5.91 Å². The van der Waals surface area contributed by atoms with Gasteiger partial charge >= 0.3 is 0 Å². The van der Waals surface area contributed by atoms with Crippen molar-refractivity contribution in [1.82, 2.24) is 4.90 Å². The van der Waals surface area contributed by atoms with Crippen molar-refractivity contribution in [3.05, 3.63) is 0 Å². The minimum atomic E-state index is -4.00. The number of likely N-dealkylation sites (tertiary alicyclic amines) is 1. The first-order valence-corrected chi connectivity index (χ1v) is 16.4. The molecular formula is C29H49NO5S. The Morgan fingerprint density at radius 1 is 0.944 bits per heavy atom. The van der Waals surface area contributed by atoms with E-state index in [1.165, 1.54) is 44.9 Å². The zero-order chi connectivity index (χ0) is 25.9. The fraction of sp³-hybridized carbons (Fsp3) is 0.966. The second kappa shape index (κ2) is 9.82. The summed E-state index contributed by atoms with van der Waals surface area (Å²) in [7, 11) is -4.00. The third-order valence-corrected chi connectivity index (χ3v) is 13.7. The number of carbonyl (C=O) groups is 1. The Morgan fingerprint density at radius 2 is 1.61 bits per heavy atom. The molecule has 1 amide bonds. The third kappa shape index (κ3) is 4.68. The molecule has 0 spiro atoms. The number of piperidine rings is 1. The van der Waals surface area contributed by atoms with Gasteiger partial charge in [0, 0.05) is 19.5 Å². The molecule has 5 aliphatic rings. The predicted octanol–water partition coefficient (Wildman–Crippen LogP) is 5.30. The topological polar surface area (TPSA) is 94.9 Å². The lowest BCUT2D eigenvalue weighted by atomic mass is 9.44. The largest absolute Gasteiger partial charge is 0.393 e. The highest BCUT2D eigenvalue weighted by Crippen LogP contribution is 2.68. The normalized spacial score (nSPS) is 44.4. The van der Waals surface area contributed by atoms with E-state index in [4.69, 9.17) is 0 Å². The molecule has 0 unspecified atom stereocenters. The van der Waals surface area contributed by atoms with Crippen LogP contribution in [0.2, 0.25) is 0 Å². The Labute approximate surface area is 218 Å². The molecule has 2 N–H and O–H groups in total. The number of aliphatic hydroxyl groups excluding tert-OH is 1. The molecule has 0 radical (unpaired) electrons. The monoisotopic (exact) mass is 523 g/mol. The standard InChI is InChI=1S/C29H49NO5S/c1-19(4-9-27(32)30-16-12-22(13-17-30)36(33,34)35)24-7-8-25-23-6-5-20-18-21(31)10-14-28(20,2)26(23)11-15-29(24,25)3/h19-26,31H,4-18H2,1-3H3,(H,33,34,35)/t19-,20-,21-,23+,24-,25+,26+,28+,29-/m1/s1. The lowest BCUT2D eigenvalue weighted by molar-refractivity contribution is -0.133. The van der Waals surface area contributed by atoms with E-state index in [1.807, 2.05) is 0 Å². The molecule has 1 aliphatic heterocycles. The van der Waals surface area contributed by atoms with Crippen LogP contribution in [0.25, 0.3) is 0 Å². The second-order valence-corrected chi connectivity index (χ2v) is 15.6. The van der Waals surface area contributed by atoms with Crippen LogP contribution in [0.1, 0.15) is 104 Å². The number of carbonyl (C=O) groups excluding carboxylic acids is 1. The van der Waals surface area contributed by atoms with Crippen LogP contribution in [0.5, 0.6) is 0 Å². The van der Waals surface area contributed by atoms with E-state index in [9.17, 15) is 22.9 Å². The highest BCUT2D eigenvalue weighted by Gasteiger charge is 2.60. The van der Waals surface area contributed by atoms with Crippen molar-refractivity contribution in [3.63, 3.8) is 0 Å². The van der Waals surface area contributed by atoms with Crippen LogP contribution in [0, 0.1) is 46.3 Å². The van der Waals surface area contributed by atoms with Gasteiger partial charge in [-0.2, -0.15) is 8.42 Å². The molecule has 5 fully saturated rings. The van der Waals surface area contributed by atoms with E-state index < -0.39 is 15.4 Å². The minimum absolute atomic E-state index is 0.0815. The molecule has 4 saturated carbocycles. The maximum absolute atomic E-state index is 12.9. The molecule has 0 bridgehead atoms. The molecule has 36 heavy (non-hydrogen) atoms. The van der Waals surface area contributed by atoms with Gasteiger partial charge in [-0.05, 0) is 123 Å². The third-order valence-electron chi connectivity index (χ3n) is 12.4. The van der Waals surface area contributed by atoms with E-state index in [0.717, 1.165) is 37.0 Å². The Balaban J connectivity index is 1.18. The lowest BCUT2D eigenvalue weighted by Gasteiger charge is -2.61. The summed E-state index contributed by atoms with van der Waals surface area (Å²) in [6, 6.07) is 0. The van der Waals surface area contributed by atoms with Crippen molar-refractivity contribution >= 4 is 16.0 Å². The van der Waals surface area contributed by atoms with Crippen molar-refractivity contribution < 1.29 is 22.9 Å². The van der Waals surface area contributed by atoms with Gasteiger partial charge < -0.3 is 10.0 Å². The molecule has 6 nitrogen and oxygen atoms in total. The summed E-state index contributed by atoms with van der Waals surface area (Å²) < 4.78 is 32.1. The number of aliphatic hydroxyl groups is 1. The van der Waals surface area contributed by atoms with Gasteiger partial charge in [-0.15, -0.1) is 0 Å². The SMILES string of the molecule is C[C@H](CCC(=O)N1CCC(S(=O)(=O)O)CC1)[C@H]1CC[C@H]2[C@@H]3CC[C@@H]4C[C@H](O)CC[C@]4(C)[C@H]3CC[C@]12C. The van der Waals surface area contributed by atoms with Crippen LogP contribution in [-0.2, 0) is 14.9 Å². The van der Waals surface area contributed by atoms with Crippen LogP contribution >= 0.6 is 0 Å². The van der Waals surface area contributed by atoms with Crippen LogP contribution < -0.4 is 0 Å². The van der Waals surface area contributed by atoms with Gasteiger partial charge in [-0.1, -0.05) is 20.8 Å². The van der Waals surface area contributed by atoms with Crippen LogP contribution in [0.3, 0.4) is 0 Å². The first-order chi connectivity index (χ1) is 16.9. The number of fused-ring (bicyclic) bond motifs is 5. The number of amides is 1. The Hall–Kier alpha value is -0.660. The smallest absolute Gasteiger partial charge is 0.267 e. The molecule has 1 heterocycles. The maximum Gasteiger partial charge on any atom is 0.267 e. The molecule has 5 rings (SSSR count). The summed E-state index contributed by atoms with van der Waals surface area (Å²) in [5.74, 6) is 4.52. The Bertz CT molecular complexity index is 930. The van der Waals surface area contributed by atoms with Gasteiger partial charge in [0.05, 0.1) is 11.4 Å². The van der Waals surface area contributed by atoms with Gasteiger partial charge in [0.15, 0.2) is 0 Å². The number of nitrogens with zero attached hydrogens (tertiary/aromatic N) is 1. The summed E-state index contributed by atoms with van der Waals surface area (Å²) in [5.41, 5.74) is 0.803. The van der Waals surface area contributed by atoms with Gasteiger partial charge in [-0.25, -0.2) is 0 Å². The summed E-state index contributed by atoms with van der Waals surface area (Å²) in [6.45, 7) is 8.36. The molecule has 4 aliphatic carbocycles. The molecular weight excluding hydrogens is 474 g/mol. The summed E-state index contributed by atoms with van der Waals surface area (Å²) >= 11 is 0. The second-order valence-electron chi connectivity index (χ2n) is 13.9. The fourth-order valence-corrected chi connectivity index (χ4v) is 11.1. The van der Waals surface area contributed by atoms with Crippen LogP contribution in [0.15, 0.2) is 0 Å². The van der Waals surface area contributed by atoms with E-state index in [1.54, 1.807) is 4.90 Å². The van der Waals surface area contributed by atoms with Gasteiger partial charge in [0.25, 0.3) is 10.1 Å². The average Bonchev–Trinajstić information content (AvgIpc) is 3.19. The predicted molar refractivity (Wildman–Crippen MR) is 141 cm³/mol. The highest BCUT2D eigenvalue weighted by atomic mass is 32.2. The molecule has 0 aromatic carbocycles. The summed E-state index contributed by atoms with van der Waals surface area (Å²) in [4.78, 5) is 14.7. The highest BCUT2D eigenvalue weighted by molar-refractivity contribution is 7.86. The van der Waals surface area contributed by atoms with E-state index in [2.05, 4.69) is 20.8 Å². The van der Waals surface area contributed by atoms with Crippen molar-refractivity contribution in [2.45, 2.75) is 116 Å². The Kier molecular flexibility index (Phi) is 7.35. The quantitative estimate of drug-likeness (QED) is 0.477. The average molecular weight is 524 g/mol. The first kappa shape index (κ1) is 26.9. The lowest BCUT2D eigenvalue weighted by Crippen LogP contribution is -2.54. The first-order valence-electron chi connectivity index (χ1n) is 14.9. The van der Waals surface area contributed by atoms with E-state index in [-0.39, 0.29) is 12.0 Å². The Morgan fingerprint density at radius 3 is 2.31 bits per heavy atom. The van der Waals surface area contributed by atoms with Crippen LogP contribution in [0.4, 0.5) is 0 Å². The van der Waals surface area contributed by atoms with Gasteiger partial charge in [0.1, 0.15) is 0 Å². The van der Waals surface area contributed by atoms with E-state index >= 15 is 0 Å². The minimum Gasteiger partial charge on any atom is -0.393 e. The summed E-state index contributed by atoms with van der Waals surface area (Å²) in [5, 5.41) is 9.58. The van der Waals surface area contributed by atoms with Crippen molar-refractivity contribution in [1.29, 1.82) is 0 Å². The van der Waals surface area contributed by atoms with Crippen molar-refractivity contribution in [3.8, 4) is 0 Å². The molecule has 9 atom stereocenters. The molecule has 7 heteroatoms. The van der Waals surface area contributed by atoms with Crippen molar-refractivity contribution in [2.24, 2.45) is 46.3 Å². The zero-order valence-corrected chi connectivity index (χ0v) is 23.5. The number of hydrogen-bond acceptors (Lipinski definition) is 4. The molecule has 206 valence electrons.